The molecule has 0 radical (unpaired) electrons. The maximum atomic E-state index is 12.5. The predicted octanol–water partition coefficient (Wildman–Crippen LogP) is 2.14. The molecule has 2 aromatic heterocycles. The summed E-state index contributed by atoms with van der Waals surface area (Å²) >= 11 is 5.88. The van der Waals surface area contributed by atoms with E-state index in [1.54, 1.807) is 18.2 Å². The number of nitrogens with zero attached hydrogens (tertiary/aromatic N) is 2. The first-order valence-corrected chi connectivity index (χ1v) is 9.72. The SMILES string of the molecule is COc1ccc(Cl)cc1S(=O)(=O)NCCn1nc(-c2ccco2)ccc1=O. The molecule has 1 aromatic carbocycles. The van der Waals surface area contributed by atoms with Crippen LogP contribution in [0, 0.1) is 0 Å². The normalized spacial score (nSPS) is 11.5. The molecule has 0 aliphatic carbocycles. The summed E-state index contributed by atoms with van der Waals surface area (Å²) in [7, 11) is -2.52. The van der Waals surface area contributed by atoms with Crippen LogP contribution in [0.4, 0.5) is 0 Å². The average Bonchev–Trinajstić information content (AvgIpc) is 3.18. The molecule has 1 N–H and O–H groups in total. The van der Waals surface area contributed by atoms with Crippen molar-refractivity contribution >= 4 is 21.6 Å². The molecule has 27 heavy (non-hydrogen) atoms. The van der Waals surface area contributed by atoms with E-state index >= 15 is 0 Å². The van der Waals surface area contributed by atoms with Crippen LogP contribution in [0.25, 0.3) is 11.5 Å². The third-order valence-electron chi connectivity index (χ3n) is 3.67. The van der Waals surface area contributed by atoms with Crippen molar-refractivity contribution in [2.24, 2.45) is 0 Å². The monoisotopic (exact) mass is 409 g/mol. The Labute approximate surface area is 160 Å². The van der Waals surface area contributed by atoms with E-state index in [1.807, 2.05) is 0 Å². The average molecular weight is 410 g/mol. The van der Waals surface area contributed by atoms with E-state index in [-0.39, 0.29) is 34.3 Å². The third kappa shape index (κ3) is 4.38. The Bertz CT molecular complexity index is 1090. The molecule has 3 aromatic rings. The van der Waals surface area contributed by atoms with Gasteiger partial charge in [0.2, 0.25) is 10.0 Å². The molecule has 0 aliphatic heterocycles. The van der Waals surface area contributed by atoms with Gasteiger partial charge in [0.05, 0.1) is 19.9 Å². The third-order valence-corrected chi connectivity index (χ3v) is 5.39. The minimum Gasteiger partial charge on any atom is -0.495 e. The minimum atomic E-state index is -3.88. The highest BCUT2D eigenvalue weighted by Gasteiger charge is 2.19. The Morgan fingerprint density at radius 3 is 2.78 bits per heavy atom. The van der Waals surface area contributed by atoms with Gasteiger partial charge in [0.1, 0.15) is 16.3 Å². The van der Waals surface area contributed by atoms with Crippen LogP contribution >= 0.6 is 11.6 Å². The van der Waals surface area contributed by atoms with Crippen molar-refractivity contribution < 1.29 is 17.6 Å². The summed E-state index contributed by atoms with van der Waals surface area (Å²) in [6, 6.07) is 10.6. The van der Waals surface area contributed by atoms with Gasteiger partial charge in [-0.3, -0.25) is 4.79 Å². The van der Waals surface area contributed by atoms with Crippen LogP contribution in [0.1, 0.15) is 0 Å². The number of furan rings is 1. The molecular weight excluding hydrogens is 394 g/mol. The fourth-order valence-electron chi connectivity index (χ4n) is 2.39. The second-order valence-corrected chi connectivity index (χ2v) is 7.62. The van der Waals surface area contributed by atoms with E-state index in [0.29, 0.717) is 11.5 Å². The summed E-state index contributed by atoms with van der Waals surface area (Å²) in [5.74, 6) is 0.676. The Morgan fingerprint density at radius 2 is 2.07 bits per heavy atom. The van der Waals surface area contributed by atoms with E-state index in [9.17, 15) is 13.2 Å². The van der Waals surface area contributed by atoms with Crippen molar-refractivity contribution in [3.63, 3.8) is 0 Å². The zero-order chi connectivity index (χ0) is 19.4. The summed E-state index contributed by atoms with van der Waals surface area (Å²) in [6.07, 6.45) is 1.50. The number of rotatable bonds is 7. The second-order valence-electron chi connectivity index (χ2n) is 5.45. The van der Waals surface area contributed by atoms with Crippen LogP contribution in [0.2, 0.25) is 5.02 Å². The van der Waals surface area contributed by atoms with Gasteiger partial charge in [0.25, 0.3) is 5.56 Å². The highest BCUT2D eigenvalue weighted by Crippen LogP contribution is 2.26. The standard InChI is InChI=1S/C17H16ClN3O5S/c1-25-15-6-4-12(18)11-16(15)27(23,24)19-8-9-21-17(22)7-5-13(20-21)14-3-2-10-26-14/h2-7,10-11,19H,8-9H2,1H3. The lowest BCUT2D eigenvalue weighted by Gasteiger charge is -2.11. The van der Waals surface area contributed by atoms with E-state index in [2.05, 4.69) is 9.82 Å². The fraction of sp³-hybridized carbons (Fsp3) is 0.176. The number of nitrogens with one attached hydrogen (secondary N) is 1. The molecule has 142 valence electrons. The molecule has 0 saturated carbocycles. The van der Waals surface area contributed by atoms with Crippen molar-refractivity contribution in [1.29, 1.82) is 0 Å². The molecule has 0 spiro atoms. The van der Waals surface area contributed by atoms with Crippen LogP contribution in [-0.2, 0) is 16.6 Å². The van der Waals surface area contributed by atoms with E-state index < -0.39 is 10.0 Å². The van der Waals surface area contributed by atoms with Gasteiger partial charge in [0.15, 0.2) is 5.76 Å². The number of aromatic nitrogens is 2. The van der Waals surface area contributed by atoms with E-state index in [1.165, 1.54) is 37.6 Å². The molecule has 0 unspecified atom stereocenters. The molecule has 0 saturated heterocycles. The molecule has 8 nitrogen and oxygen atoms in total. The van der Waals surface area contributed by atoms with Crippen molar-refractivity contribution in [3.05, 3.63) is 64.1 Å². The summed E-state index contributed by atoms with van der Waals surface area (Å²) in [5.41, 5.74) is 0.115. The first-order chi connectivity index (χ1) is 12.9. The zero-order valence-corrected chi connectivity index (χ0v) is 15.8. The van der Waals surface area contributed by atoms with Crippen molar-refractivity contribution in [2.75, 3.05) is 13.7 Å². The van der Waals surface area contributed by atoms with Gasteiger partial charge in [-0.15, -0.1) is 0 Å². The lowest BCUT2D eigenvalue weighted by atomic mass is 10.3. The molecule has 2 heterocycles. The van der Waals surface area contributed by atoms with E-state index in [0.717, 1.165) is 4.68 Å². The smallest absolute Gasteiger partial charge is 0.266 e. The summed E-state index contributed by atoms with van der Waals surface area (Å²) < 4.78 is 38.9. The van der Waals surface area contributed by atoms with Crippen LogP contribution < -0.4 is 15.0 Å². The summed E-state index contributed by atoms with van der Waals surface area (Å²) in [6.45, 7) is -0.0119. The van der Waals surface area contributed by atoms with Crippen LogP contribution in [0.15, 0.2) is 62.8 Å². The van der Waals surface area contributed by atoms with Gasteiger partial charge in [-0.1, -0.05) is 11.6 Å². The van der Waals surface area contributed by atoms with Crippen molar-refractivity contribution in [1.82, 2.24) is 14.5 Å². The molecule has 0 aliphatic rings. The molecule has 3 rings (SSSR count). The number of hydrogen-bond donors (Lipinski definition) is 1. The fourth-order valence-corrected chi connectivity index (χ4v) is 3.84. The summed E-state index contributed by atoms with van der Waals surface area (Å²) in [5, 5.41) is 4.45. The van der Waals surface area contributed by atoms with Gasteiger partial charge in [-0.25, -0.2) is 17.8 Å². The maximum Gasteiger partial charge on any atom is 0.266 e. The Morgan fingerprint density at radius 1 is 1.26 bits per heavy atom. The highest BCUT2D eigenvalue weighted by atomic mass is 35.5. The number of halogens is 1. The zero-order valence-electron chi connectivity index (χ0n) is 14.3. The molecule has 0 atom stereocenters. The van der Waals surface area contributed by atoms with Gasteiger partial charge < -0.3 is 9.15 Å². The lowest BCUT2D eigenvalue weighted by molar-refractivity contribution is 0.402. The Hall–Kier alpha value is -2.62. The Balaban J connectivity index is 1.76. The van der Waals surface area contributed by atoms with Gasteiger partial charge in [-0.05, 0) is 36.4 Å². The Kier molecular flexibility index (Phi) is 5.64. The molecule has 10 heteroatoms. The maximum absolute atomic E-state index is 12.5. The number of benzene rings is 1. The van der Waals surface area contributed by atoms with Crippen LogP contribution in [-0.4, -0.2) is 31.9 Å². The lowest BCUT2D eigenvalue weighted by Crippen LogP contribution is -2.32. The number of methoxy groups -OCH3 is 1. The predicted molar refractivity (Wildman–Crippen MR) is 99.4 cm³/mol. The summed E-state index contributed by atoms with van der Waals surface area (Å²) in [4.78, 5) is 11.9. The van der Waals surface area contributed by atoms with Crippen molar-refractivity contribution in [2.45, 2.75) is 11.4 Å². The molecule has 0 amide bonds. The van der Waals surface area contributed by atoms with Crippen LogP contribution in [0.3, 0.4) is 0 Å². The first-order valence-electron chi connectivity index (χ1n) is 7.86. The quantitative estimate of drug-likeness (QED) is 0.641. The second kappa shape index (κ2) is 7.95. The number of sulfonamides is 1. The highest BCUT2D eigenvalue weighted by molar-refractivity contribution is 7.89. The number of ether oxygens (including phenoxy) is 1. The largest absolute Gasteiger partial charge is 0.495 e. The molecule has 0 fully saturated rings. The van der Waals surface area contributed by atoms with Gasteiger partial charge >= 0.3 is 0 Å². The first kappa shape index (κ1) is 19.2. The molecular formula is C17H16ClN3O5S. The van der Waals surface area contributed by atoms with Crippen LogP contribution in [0.5, 0.6) is 5.75 Å². The topological polar surface area (TPSA) is 103 Å². The van der Waals surface area contributed by atoms with Crippen molar-refractivity contribution in [3.8, 4) is 17.2 Å². The molecule has 0 bridgehead atoms. The van der Waals surface area contributed by atoms with E-state index in [4.69, 9.17) is 20.8 Å². The number of hydrogen-bond acceptors (Lipinski definition) is 6. The van der Waals surface area contributed by atoms with Gasteiger partial charge in [-0.2, -0.15) is 5.10 Å². The van der Waals surface area contributed by atoms with Gasteiger partial charge in [0, 0.05) is 17.6 Å². The minimum absolute atomic E-state index is 0.0372.